The van der Waals surface area contributed by atoms with Crippen molar-refractivity contribution in [2.75, 3.05) is 38.5 Å². The van der Waals surface area contributed by atoms with Crippen LogP contribution >= 0.6 is 0 Å². The van der Waals surface area contributed by atoms with Gasteiger partial charge >= 0.3 is 0 Å². The number of hydrogen-bond acceptors (Lipinski definition) is 6. The van der Waals surface area contributed by atoms with Crippen LogP contribution in [0.3, 0.4) is 0 Å². The lowest BCUT2D eigenvalue weighted by Gasteiger charge is -2.34. The summed E-state index contributed by atoms with van der Waals surface area (Å²) in [5.41, 5.74) is 0.950. The van der Waals surface area contributed by atoms with E-state index >= 15 is 0 Å². The molecule has 0 aromatic carbocycles. The summed E-state index contributed by atoms with van der Waals surface area (Å²) in [5, 5.41) is 3.12. The number of nitrogens with one attached hydrogen (secondary N) is 1. The molecule has 1 amide bonds. The normalized spacial score (nSPS) is 16.6. The van der Waals surface area contributed by atoms with Gasteiger partial charge < -0.3 is 9.88 Å². The zero-order valence-electron chi connectivity index (χ0n) is 17.6. The van der Waals surface area contributed by atoms with Gasteiger partial charge in [-0.1, -0.05) is 20.3 Å². The van der Waals surface area contributed by atoms with E-state index in [2.05, 4.69) is 27.0 Å². The van der Waals surface area contributed by atoms with Crippen molar-refractivity contribution < 1.29 is 13.2 Å². The van der Waals surface area contributed by atoms with Gasteiger partial charge in [-0.2, -0.15) is 0 Å². The monoisotopic (exact) mass is 413 g/mol. The molecule has 1 aromatic rings. The molecule has 0 aliphatic carbocycles. The number of piperazine rings is 1. The van der Waals surface area contributed by atoms with Gasteiger partial charge in [0.1, 0.15) is 0 Å². The Bertz CT molecular complexity index is 737. The fraction of sp³-hybridized carbons (Fsp3) is 0.789. The van der Waals surface area contributed by atoms with Crippen LogP contribution in [-0.4, -0.2) is 78.2 Å². The van der Waals surface area contributed by atoms with Crippen molar-refractivity contribution >= 4 is 15.7 Å². The van der Waals surface area contributed by atoms with Crippen LogP contribution in [-0.2, 0) is 27.7 Å². The number of amides is 1. The molecule has 1 aliphatic rings. The number of hydrogen-bond donors (Lipinski definition) is 1. The molecule has 0 spiro atoms. The lowest BCUT2D eigenvalue weighted by molar-refractivity contribution is -0.123. The first kappa shape index (κ1) is 22.8. The summed E-state index contributed by atoms with van der Waals surface area (Å²) >= 11 is 0. The summed E-state index contributed by atoms with van der Waals surface area (Å²) in [6, 6.07) is 0.158. The van der Waals surface area contributed by atoms with E-state index in [9.17, 15) is 13.2 Å². The highest BCUT2D eigenvalue weighted by Crippen LogP contribution is 2.17. The Labute approximate surface area is 169 Å². The highest BCUT2D eigenvalue weighted by Gasteiger charge is 2.24. The topological polar surface area (TPSA) is 87.5 Å². The van der Waals surface area contributed by atoms with Crippen LogP contribution in [0.2, 0.25) is 0 Å². The molecule has 2 heterocycles. The predicted octanol–water partition coefficient (Wildman–Crippen LogP) is 1.12. The first-order valence-electron chi connectivity index (χ1n) is 10.3. The van der Waals surface area contributed by atoms with Crippen molar-refractivity contribution in [3.8, 4) is 0 Å². The van der Waals surface area contributed by atoms with Crippen molar-refractivity contribution in [3.05, 3.63) is 11.9 Å². The molecule has 1 aliphatic heterocycles. The Hall–Kier alpha value is -1.45. The number of aromatic nitrogens is 2. The van der Waals surface area contributed by atoms with Crippen LogP contribution in [0.15, 0.2) is 11.4 Å². The molecule has 2 rings (SSSR count). The largest absolute Gasteiger partial charge is 0.353 e. The number of rotatable bonds is 10. The molecule has 0 bridgehead atoms. The first-order chi connectivity index (χ1) is 13.3. The van der Waals surface area contributed by atoms with E-state index in [4.69, 9.17) is 0 Å². The summed E-state index contributed by atoms with van der Waals surface area (Å²) in [6.07, 6.45) is 3.63. The fourth-order valence-corrected chi connectivity index (χ4v) is 4.37. The zero-order chi connectivity index (χ0) is 20.7. The highest BCUT2D eigenvalue weighted by atomic mass is 32.2. The summed E-state index contributed by atoms with van der Waals surface area (Å²) in [4.78, 5) is 20.6. The van der Waals surface area contributed by atoms with Gasteiger partial charge in [0.15, 0.2) is 0 Å². The van der Waals surface area contributed by atoms with E-state index in [0.717, 1.165) is 44.7 Å². The molecule has 28 heavy (non-hydrogen) atoms. The van der Waals surface area contributed by atoms with Gasteiger partial charge in [-0.3, -0.25) is 14.6 Å². The summed E-state index contributed by atoms with van der Waals surface area (Å²) in [7, 11) is -3.33. The van der Waals surface area contributed by atoms with E-state index in [1.165, 1.54) is 0 Å². The van der Waals surface area contributed by atoms with Crippen molar-refractivity contribution in [1.29, 1.82) is 0 Å². The number of sulfone groups is 1. The molecule has 9 heteroatoms. The molecular formula is C19H35N5O3S. The maximum Gasteiger partial charge on any atom is 0.234 e. The van der Waals surface area contributed by atoms with Crippen LogP contribution in [0.1, 0.15) is 46.2 Å². The number of nitrogens with zero attached hydrogens (tertiary/aromatic N) is 4. The summed E-state index contributed by atoms with van der Waals surface area (Å²) < 4.78 is 26.6. The van der Waals surface area contributed by atoms with Crippen LogP contribution in [0.4, 0.5) is 0 Å². The van der Waals surface area contributed by atoms with Gasteiger partial charge in [-0.05, 0) is 20.3 Å². The first-order valence-corrected chi connectivity index (χ1v) is 11.9. The molecule has 1 saturated heterocycles. The zero-order valence-corrected chi connectivity index (χ0v) is 18.5. The number of carbonyl (C=O) groups excluding carboxylic acids is 1. The van der Waals surface area contributed by atoms with Crippen LogP contribution in [0.5, 0.6) is 0 Å². The van der Waals surface area contributed by atoms with E-state index < -0.39 is 9.84 Å². The molecule has 160 valence electrons. The molecule has 1 aromatic heterocycles. The molecular weight excluding hydrogens is 378 g/mol. The van der Waals surface area contributed by atoms with Gasteiger partial charge in [-0.25, -0.2) is 13.4 Å². The van der Waals surface area contributed by atoms with E-state index in [0.29, 0.717) is 19.6 Å². The average molecular weight is 414 g/mol. The second-order valence-electron chi connectivity index (χ2n) is 7.72. The third-order valence-electron chi connectivity index (χ3n) is 4.96. The third kappa shape index (κ3) is 6.28. The number of imidazole rings is 1. The molecule has 0 atom stereocenters. The van der Waals surface area contributed by atoms with Gasteiger partial charge in [0, 0.05) is 45.3 Å². The Kier molecular flexibility index (Phi) is 8.45. The van der Waals surface area contributed by atoms with Gasteiger partial charge in [0.05, 0.1) is 24.2 Å². The summed E-state index contributed by atoms with van der Waals surface area (Å²) in [6.45, 7) is 12.8. The van der Waals surface area contributed by atoms with E-state index in [-0.39, 0.29) is 22.9 Å². The predicted molar refractivity (Wildman–Crippen MR) is 110 cm³/mol. The Morgan fingerprint density at radius 3 is 2.39 bits per heavy atom. The molecule has 0 unspecified atom stereocenters. The van der Waals surface area contributed by atoms with E-state index in [1.807, 2.05) is 18.4 Å². The lowest BCUT2D eigenvalue weighted by Crippen LogP contribution is -2.49. The second-order valence-corrected chi connectivity index (χ2v) is 9.89. The fourth-order valence-electron chi connectivity index (χ4n) is 3.36. The standard InChI is InChI=1S/C19H35N5O3S/c1-5-7-8-24-17(13-20-19(24)28(26,27)6-2)14-22-9-11-23(12-10-22)15-18(25)21-16(3)4/h13,16H,5-12,14-15H2,1-4H3,(H,21,25). The van der Waals surface area contributed by atoms with Gasteiger partial charge in [0.2, 0.25) is 20.9 Å². The minimum absolute atomic E-state index is 0.0622. The van der Waals surface area contributed by atoms with Gasteiger partial charge in [-0.15, -0.1) is 0 Å². The maximum absolute atomic E-state index is 12.4. The Morgan fingerprint density at radius 1 is 1.18 bits per heavy atom. The molecule has 1 fully saturated rings. The highest BCUT2D eigenvalue weighted by molar-refractivity contribution is 7.91. The maximum atomic E-state index is 12.4. The number of carbonyl (C=O) groups is 1. The van der Waals surface area contributed by atoms with Crippen molar-refractivity contribution in [3.63, 3.8) is 0 Å². The SMILES string of the molecule is CCCCn1c(CN2CCN(CC(=O)NC(C)C)CC2)cnc1S(=O)(=O)CC. The molecule has 1 N–H and O–H groups in total. The quantitative estimate of drug-likeness (QED) is 0.618. The van der Waals surface area contributed by atoms with Gasteiger partial charge in [0.25, 0.3) is 0 Å². The Morgan fingerprint density at radius 2 is 1.82 bits per heavy atom. The second kappa shape index (κ2) is 10.4. The van der Waals surface area contributed by atoms with E-state index in [1.54, 1.807) is 13.1 Å². The van der Waals surface area contributed by atoms with Crippen LogP contribution < -0.4 is 5.32 Å². The number of unbranched alkanes of at least 4 members (excludes halogenated alkanes) is 1. The molecule has 0 radical (unpaired) electrons. The molecule has 8 nitrogen and oxygen atoms in total. The van der Waals surface area contributed by atoms with Crippen LogP contribution in [0, 0.1) is 0 Å². The summed E-state index contributed by atoms with van der Waals surface area (Å²) in [5.74, 6) is 0.127. The van der Waals surface area contributed by atoms with Crippen LogP contribution in [0.25, 0.3) is 0 Å². The third-order valence-corrected chi connectivity index (χ3v) is 6.60. The minimum Gasteiger partial charge on any atom is -0.353 e. The van der Waals surface area contributed by atoms with Crippen molar-refractivity contribution in [2.45, 2.75) is 64.8 Å². The van der Waals surface area contributed by atoms with Crippen molar-refractivity contribution in [2.24, 2.45) is 0 Å². The average Bonchev–Trinajstić information content (AvgIpc) is 3.04. The lowest BCUT2D eigenvalue weighted by atomic mass is 10.2. The Balaban J connectivity index is 1.98. The molecule has 0 saturated carbocycles. The van der Waals surface area contributed by atoms with Crippen molar-refractivity contribution in [1.82, 2.24) is 24.7 Å². The minimum atomic E-state index is -3.33. The smallest absolute Gasteiger partial charge is 0.234 e.